The average molecular weight is 310 g/mol. The van der Waals surface area contributed by atoms with E-state index in [1.54, 1.807) is 0 Å². The molecule has 1 unspecified atom stereocenters. The summed E-state index contributed by atoms with van der Waals surface area (Å²) < 4.78 is 0. The van der Waals surface area contributed by atoms with Crippen LogP contribution in [0.1, 0.15) is 33.1 Å². The van der Waals surface area contributed by atoms with Crippen molar-refractivity contribution in [3.8, 4) is 0 Å². The number of nitrogens with one attached hydrogen (secondary N) is 4. The van der Waals surface area contributed by atoms with E-state index in [1.807, 2.05) is 13.8 Å². The zero-order chi connectivity index (χ0) is 16.0. The van der Waals surface area contributed by atoms with Crippen molar-refractivity contribution in [2.75, 3.05) is 39.3 Å². The molecular weight excluding hydrogens is 280 g/mol. The molecule has 0 bridgehead atoms. The van der Waals surface area contributed by atoms with Crippen LogP contribution in [0.25, 0.3) is 0 Å². The zero-order valence-electron chi connectivity index (χ0n) is 13.8. The lowest BCUT2D eigenvalue weighted by Gasteiger charge is -2.46. The monoisotopic (exact) mass is 310 g/mol. The molecule has 6 nitrogen and oxygen atoms in total. The van der Waals surface area contributed by atoms with Crippen LogP contribution in [0.2, 0.25) is 0 Å². The van der Waals surface area contributed by atoms with Gasteiger partial charge >= 0.3 is 6.03 Å². The molecule has 1 atom stereocenters. The van der Waals surface area contributed by atoms with Gasteiger partial charge in [-0.25, -0.2) is 4.79 Å². The quantitative estimate of drug-likeness (QED) is 0.596. The minimum atomic E-state index is -0.240. The molecule has 2 saturated heterocycles. The van der Waals surface area contributed by atoms with Crippen LogP contribution in [-0.4, -0.2) is 51.1 Å². The minimum absolute atomic E-state index is 0.0706. The number of piperidine rings is 2. The summed E-state index contributed by atoms with van der Waals surface area (Å²) in [5, 5.41) is 12.3. The molecule has 1 spiro atoms. The number of hydrogen-bond donors (Lipinski definition) is 4. The highest BCUT2D eigenvalue weighted by atomic mass is 16.2. The van der Waals surface area contributed by atoms with Crippen LogP contribution in [0.3, 0.4) is 0 Å². The topological polar surface area (TPSA) is 82.3 Å². The summed E-state index contributed by atoms with van der Waals surface area (Å²) in [6.45, 7) is 8.63. The molecule has 0 aromatic heterocycles. The van der Waals surface area contributed by atoms with E-state index in [2.05, 4.69) is 21.3 Å². The molecule has 0 radical (unpaired) electrons. The Kier molecular flexibility index (Phi) is 6.20. The van der Waals surface area contributed by atoms with Gasteiger partial charge in [0.05, 0.1) is 6.54 Å². The number of urea groups is 1. The van der Waals surface area contributed by atoms with Gasteiger partial charge in [-0.15, -0.1) is 0 Å². The third-order valence-electron chi connectivity index (χ3n) is 4.91. The molecule has 126 valence electrons. The lowest BCUT2D eigenvalue weighted by Crippen LogP contribution is -2.55. The molecule has 4 N–H and O–H groups in total. The van der Waals surface area contributed by atoms with Gasteiger partial charge in [0.1, 0.15) is 0 Å². The van der Waals surface area contributed by atoms with Crippen LogP contribution in [0.5, 0.6) is 0 Å². The lowest BCUT2D eigenvalue weighted by atomic mass is 9.64. The molecule has 6 heteroatoms. The molecule has 2 heterocycles. The molecule has 0 aromatic rings. The van der Waals surface area contributed by atoms with E-state index in [0.29, 0.717) is 12.5 Å². The molecule has 22 heavy (non-hydrogen) atoms. The first kappa shape index (κ1) is 17.2. The summed E-state index contributed by atoms with van der Waals surface area (Å²) in [5.41, 5.74) is 0.0800. The second kappa shape index (κ2) is 7.92. The SMILES string of the molecule is CC(C)CNC(=O)NCC(=O)C1CCNCC12CCNCC2. The summed E-state index contributed by atoms with van der Waals surface area (Å²) in [7, 11) is 0. The Balaban J connectivity index is 1.85. The summed E-state index contributed by atoms with van der Waals surface area (Å²) in [6, 6.07) is -0.240. The zero-order valence-corrected chi connectivity index (χ0v) is 13.8. The first-order chi connectivity index (χ1) is 10.5. The van der Waals surface area contributed by atoms with E-state index in [-0.39, 0.29) is 29.7 Å². The van der Waals surface area contributed by atoms with Gasteiger partial charge in [0.2, 0.25) is 0 Å². The number of carbonyl (C=O) groups excluding carboxylic acids is 2. The van der Waals surface area contributed by atoms with Crippen molar-refractivity contribution >= 4 is 11.8 Å². The largest absolute Gasteiger partial charge is 0.338 e. The predicted molar refractivity (Wildman–Crippen MR) is 86.8 cm³/mol. The first-order valence-electron chi connectivity index (χ1n) is 8.49. The number of hydrogen-bond acceptors (Lipinski definition) is 4. The second-order valence-corrected chi connectivity index (χ2v) is 7.05. The fraction of sp³-hybridized carbons (Fsp3) is 0.875. The van der Waals surface area contributed by atoms with Crippen molar-refractivity contribution in [1.29, 1.82) is 0 Å². The number of amides is 2. The fourth-order valence-electron chi connectivity index (χ4n) is 3.62. The van der Waals surface area contributed by atoms with Gasteiger partial charge in [0, 0.05) is 19.0 Å². The highest BCUT2D eigenvalue weighted by molar-refractivity contribution is 5.87. The van der Waals surface area contributed by atoms with E-state index >= 15 is 0 Å². The van der Waals surface area contributed by atoms with E-state index in [0.717, 1.165) is 45.4 Å². The predicted octanol–water partition coefficient (Wildman–Crippen LogP) is 0.490. The summed E-state index contributed by atoms with van der Waals surface area (Å²) in [6.07, 6.45) is 2.96. The van der Waals surface area contributed by atoms with Crippen LogP contribution in [0.15, 0.2) is 0 Å². The molecule has 0 saturated carbocycles. The van der Waals surface area contributed by atoms with Crippen molar-refractivity contribution in [2.45, 2.75) is 33.1 Å². The summed E-state index contributed by atoms with van der Waals surface area (Å²) in [4.78, 5) is 24.3. The molecule has 2 aliphatic rings. The van der Waals surface area contributed by atoms with Crippen molar-refractivity contribution < 1.29 is 9.59 Å². The first-order valence-corrected chi connectivity index (χ1v) is 8.49. The number of ketones is 1. The maximum absolute atomic E-state index is 12.6. The van der Waals surface area contributed by atoms with Gasteiger partial charge in [0.15, 0.2) is 5.78 Å². The Hall–Kier alpha value is -1.14. The van der Waals surface area contributed by atoms with E-state index < -0.39 is 0 Å². The van der Waals surface area contributed by atoms with Crippen molar-refractivity contribution in [2.24, 2.45) is 17.3 Å². The minimum Gasteiger partial charge on any atom is -0.338 e. The molecule has 0 aliphatic carbocycles. The Labute approximate surface area is 133 Å². The highest BCUT2D eigenvalue weighted by Gasteiger charge is 2.44. The van der Waals surface area contributed by atoms with E-state index in [9.17, 15) is 9.59 Å². The van der Waals surface area contributed by atoms with E-state index in [4.69, 9.17) is 0 Å². The highest BCUT2D eigenvalue weighted by Crippen LogP contribution is 2.40. The Bertz CT molecular complexity index is 383. The Morgan fingerprint density at radius 3 is 2.55 bits per heavy atom. The van der Waals surface area contributed by atoms with E-state index in [1.165, 1.54) is 0 Å². The third kappa shape index (κ3) is 4.43. The third-order valence-corrected chi connectivity index (χ3v) is 4.91. The van der Waals surface area contributed by atoms with Gasteiger partial charge in [-0.1, -0.05) is 13.8 Å². The van der Waals surface area contributed by atoms with Crippen molar-refractivity contribution in [1.82, 2.24) is 21.3 Å². The average Bonchev–Trinajstić information content (AvgIpc) is 2.52. The van der Waals surface area contributed by atoms with Crippen LogP contribution in [0.4, 0.5) is 4.79 Å². The number of rotatable bonds is 5. The Morgan fingerprint density at radius 2 is 1.86 bits per heavy atom. The van der Waals surface area contributed by atoms with Gasteiger partial charge in [-0.05, 0) is 50.2 Å². The van der Waals surface area contributed by atoms with Crippen molar-refractivity contribution in [3.05, 3.63) is 0 Å². The second-order valence-electron chi connectivity index (χ2n) is 7.05. The van der Waals surface area contributed by atoms with Crippen LogP contribution < -0.4 is 21.3 Å². The van der Waals surface area contributed by atoms with Gasteiger partial charge in [-0.2, -0.15) is 0 Å². The molecule has 2 fully saturated rings. The lowest BCUT2D eigenvalue weighted by molar-refractivity contribution is -0.128. The molecule has 2 amide bonds. The molecule has 2 rings (SSSR count). The Morgan fingerprint density at radius 1 is 1.14 bits per heavy atom. The molecule has 2 aliphatic heterocycles. The van der Waals surface area contributed by atoms with Gasteiger partial charge < -0.3 is 21.3 Å². The van der Waals surface area contributed by atoms with Crippen molar-refractivity contribution in [3.63, 3.8) is 0 Å². The molecular formula is C16H30N4O2. The summed E-state index contributed by atoms with van der Waals surface area (Å²) in [5.74, 6) is 0.660. The smallest absolute Gasteiger partial charge is 0.315 e. The van der Waals surface area contributed by atoms with Crippen LogP contribution in [-0.2, 0) is 4.79 Å². The standard InChI is InChI=1S/C16H30N4O2/c1-12(2)9-19-15(22)20-10-14(21)13-3-6-18-11-16(13)4-7-17-8-5-16/h12-13,17-18H,3-11H2,1-2H3,(H2,19,20,22). The molecule has 0 aromatic carbocycles. The number of Topliss-reactive ketones (excluding diaryl/α,β-unsaturated/α-hetero) is 1. The normalized spacial score (nSPS) is 24.2. The van der Waals surface area contributed by atoms with Crippen LogP contribution >= 0.6 is 0 Å². The maximum atomic E-state index is 12.6. The maximum Gasteiger partial charge on any atom is 0.315 e. The summed E-state index contributed by atoms with van der Waals surface area (Å²) >= 11 is 0. The van der Waals surface area contributed by atoms with Gasteiger partial charge in [0.25, 0.3) is 0 Å². The van der Waals surface area contributed by atoms with Crippen LogP contribution in [0, 0.1) is 17.3 Å². The van der Waals surface area contributed by atoms with Gasteiger partial charge in [-0.3, -0.25) is 4.79 Å². The number of carbonyl (C=O) groups is 2. The fourth-order valence-corrected chi connectivity index (χ4v) is 3.62.